The Morgan fingerprint density at radius 2 is 1.94 bits per heavy atom. The summed E-state index contributed by atoms with van der Waals surface area (Å²) in [7, 11) is 0. The molecule has 0 bridgehead atoms. The van der Waals surface area contributed by atoms with Gasteiger partial charge in [-0.3, -0.25) is 4.90 Å². The summed E-state index contributed by atoms with van der Waals surface area (Å²) in [6.45, 7) is 4.45. The van der Waals surface area contributed by atoms with Crippen molar-refractivity contribution in [2.75, 3.05) is 31.1 Å². The van der Waals surface area contributed by atoms with E-state index in [4.69, 9.17) is 23.2 Å². The Hall–Kier alpha value is -0.580. The summed E-state index contributed by atoms with van der Waals surface area (Å²) >= 11 is 12.1. The smallest absolute Gasteiger partial charge is 0.175 e. The third kappa shape index (κ3) is 2.42. The summed E-state index contributed by atoms with van der Waals surface area (Å²) in [4.78, 5) is 4.89. The first-order valence-electron chi connectivity index (χ1n) is 6.42. The molecule has 2 aliphatic heterocycles. The molecule has 3 rings (SSSR count). The van der Waals surface area contributed by atoms with E-state index in [9.17, 15) is 0 Å². The van der Waals surface area contributed by atoms with Gasteiger partial charge in [-0.15, -0.1) is 10.2 Å². The molecule has 1 aromatic heterocycles. The summed E-state index contributed by atoms with van der Waals surface area (Å²) < 4.78 is 0. The van der Waals surface area contributed by atoms with E-state index in [1.165, 1.54) is 25.9 Å². The minimum absolute atomic E-state index is 0.405. The highest BCUT2D eigenvalue weighted by molar-refractivity contribution is 6.33. The van der Waals surface area contributed by atoms with Gasteiger partial charge < -0.3 is 4.90 Å². The molecule has 0 aromatic carbocycles. The lowest BCUT2D eigenvalue weighted by atomic mass is 10.2. The zero-order valence-corrected chi connectivity index (χ0v) is 11.7. The van der Waals surface area contributed by atoms with Gasteiger partial charge in [0.2, 0.25) is 0 Å². The van der Waals surface area contributed by atoms with Crippen molar-refractivity contribution >= 4 is 28.9 Å². The van der Waals surface area contributed by atoms with Crippen molar-refractivity contribution in [2.45, 2.75) is 25.3 Å². The SMILES string of the molecule is Clc1cc(N2CCCN3CCCC3C2)c(Cl)nn1. The molecule has 0 aliphatic carbocycles. The fourth-order valence-electron chi connectivity index (χ4n) is 2.99. The molecule has 1 aromatic rings. The van der Waals surface area contributed by atoms with E-state index in [1.807, 2.05) is 6.07 Å². The van der Waals surface area contributed by atoms with Gasteiger partial charge in [-0.2, -0.15) is 0 Å². The summed E-state index contributed by atoms with van der Waals surface area (Å²) in [5, 5.41) is 8.52. The molecule has 4 nitrogen and oxygen atoms in total. The van der Waals surface area contributed by atoms with Crippen LogP contribution in [0.4, 0.5) is 5.69 Å². The maximum Gasteiger partial charge on any atom is 0.175 e. The Bertz CT molecular complexity index is 440. The highest BCUT2D eigenvalue weighted by Crippen LogP contribution is 2.29. The Balaban J connectivity index is 1.84. The van der Waals surface area contributed by atoms with Gasteiger partial charge in [-0.05, 0) is 25.8 Å². The number of aromatic nitrogens is 2. The van der Waals surface area contributed by atoms with Crippen molar-refractivity contribution in [3.8, 4) is 0 Å². The number of anilines is 1. The third-order valence-electron chi connectivity index (χ3n) is 3.84. The van der Waals surface area contributed by atoms with Gasteiger partial charge in [0.1, 0.15) is 0 Å². The van der Waals surface area contributed by atoms with E-state index in [0.717, 1.165) is 25.2 Å². The summed E-state index contributed by atoms with van der Waals surface area (Å²) in [5.74, 6) is 0. The van der Waals surface area contributed by atoms with Gasteiger partial charge in [0.25, 0.3) is 0 Å². The number of nitrogens with zero attached hydrogens (tertiary/aromatic N) is 4. The normalized spacial score (nSPS) is 25.0. The van der Waals surface area contributed by atoms with Gasteiger partial charge in [-0.25, -0.2) is 0 Å². The van der Waals surface area contributed by atoms with Crippen LogP contribution in [0.25, 0.3) is 0 Å². The number of hydrogen-bond acceptors (Lipinski definition) is 4. The predicted molar refractivity (Wildman–Crippen MR) is 73.5 cm³/mol. The van der Waals surface area contributed by atoms with Crippen molar-refractivity contribution < 1.29 is 0 Å². The van der Waals surface area contributed by atoms with Gasteiger partial charge in [0.15, 0.2) is 10.3 Å². The van der Waals surface area contributed by atoms with Crippen LogP contribution in [0.5, 0.6) is 0 Å². The van der Waals surface area contributed by atoms with E-state index < -0.39 is 0 Å². The van der Waals surface area contributed by atoms with Crippen LogP contribution in [0.1, 0.15) is 19.3 Å². The second kappa shape index (κ2) is 5.19. The van der Waals surface area contributed by atoms with Crippen LogP contribution in [0.2, 0.25) is 10.3 Å². The molecule has 3 heterocycles. The monoisotopic (exact) mass is 286 g/mol. The van der Waals surface area contributed by atoms with Crippen molar-refractivity contribution in [3.05, 3.63) is 16.4 Å². The van der Waals surface area contributed by atoms with Gasteiger partial charge in [0, 0.05) is 31.7 Å². The molecule has 0 N–H and O–H groups in total. The molecule has 98 valence electrons. The number of fused-ring (bicyclic) bond motifs is 1. The first-order valence-corrected chi connectivity index (χ1v) is 7.17. The minimum atomic E-state index is 0.405. The fraction of sp³-hybridized carbons (Fsp3) is 0.667. The average molecular weight is 287 g/mol. The summed E-state index contributed by atoms with van der Waals surface area (Å²) in [6.07, 6.45) is 3.74. The second-order valence-electron chi connectivity index (χ2n) is 4.97. The topological polar surface area (TPSA) is 32.3 Å². The lowest BCUT2D eigenvalue weighted by molar-refractivity contribution is 0.273. The van der Waals surface area contributed by atoms with Crippen LogP contribution in [0.15, 0.2) is 6.07 Å². The van der Waals surface area contributed by atoms with Crippen LogP contribution in [-0.2, 0) is 0 Å². The number of hydrogen-bond donors (Lipinski definition) is 0. The van der Waals surface area contributed by atoms with Crippen LogP contribution in [0.3, 0.4) is 0 Å². The summed E-state index contributed by atoms with van der Waals surface area (Å²) in [5.41, 5.74) is 0.922. The quantitative estimate of drug-likeness (QED) is 0.794. The first-order chi connectivity index (χ1) is 8.74. The molecule has 18 heavy (non-hydrogen) atoms. The minimum Gasteiger partial charge on any atom is -0.367 e. The molecule has 0 amide bonds. The van der Waals surface area contributed by atoms with Crippen molar-refractivity contribution in [1.29, 1.82) is 0 Å². The van der Waals surface area contributed by atoms with Crippen LogP contribution in [0, 0.1) is 0 Å². The molecule has 2 aliphatic rings. The molecule has 1 unspecified atom stereocenters. The largest absolute Gasteiger partial charge is 0.367 e. The van der Waals surface area contributed by atoms with E-state index in [2.05, 4.69) is 20.0 Å². The third-order valence-corrected chi connectivity index (χ3v) is 4.30. The Morgan fingerprint density at radius 1 is 1.11 bits per heavy atom. The fourth-order valence-corrected chi connectivity index (χ4v) is 3.34. The van der Waals surface area contributed by atoms with Gasteiger partial charge >= 0.3 is 0 Å². The van der Waals surface area contributed by atoms with Crippen molar-refractivity contribution in [3.63, 3.8) is 0 Å². The highest BCUT2D eigenvalue weighted by atomic mass is 35.5. The Morgan fingerprint density at radius 3 is 2.83 bits per heavy atom. The lowest BCUT2D eigenvalue weighted by Gasteiger charge is -2.27. The van der Waals surface area contributed by atoms with Crippen molar-refractivity contribution in [2.24, 2.45) is 0 Å². The van der Waals surface area contributed by atoms with Crippen molar-refractivity contribution in [1.82, 2.24) is 15.1 Å². The number of halogens is 2. The van der Waals surface area contributed by atoms with Crippen LogP contribution in [-0.4, -0.2) is 47.3 Å². The molecule has 0 saturated carbocycles. The zero-order valence-electron chi connectivity index (χ0n) is 10.1. The Labute approximate surface area is 117 Å². The second-order valence-corrected chi connectivity index (χ2v) is 5.72. The predicted octanol–water partition coefficient (Wildman–Crippen LogP) is 2.46. The Kier molecular flexibility index (Phi) is 3.59. The molecule has 6 heteroatoms. The van der Waals surface area contributed by atoms with E-state index in [0.29, 0.717) is 16.3 Å². The first kappa shape index (κ1) is 12.5. The molecule has 1 atom stereocenters. The van der Waals surface area contributed by atoms with E-state index >= 15 is 0 Å². The molecule has 2 saturated heterocycles. The standard InChI is InChI=1S/C12H16Cl2N4/c13-11-7-10(12(14)16-15-11)18-6-2-5-17-4-1-3-9(17)8-18/h7,9H,1-6,8H2. The van der Waals surface area contributed by atoms with Gasteiger partial charge in [-0.1, -0.05) is 23.2 Å². The van der Waals surface area contributed by atoms with E-state index in [1.54, 1.807) is 0 Å². The van der Waals surface area contributed by atoms with Crippen LogP contribution >= 0.6 is 23.2 Å². The molecular weight excluding hydrogens is 271 g/mol. The maximum atomic E-state index is 6.14. The molecule has 0 spiro atoms. The maximum absolute atomic E-state index is 6.14. The van der Waals surface area contributed by atoms with Gasteiger partial charge in [0.05, 0.1) is 5.69 Å². The molecule has 0 radical (unpaired) electrons. The number of rotatable bonds is 1. The van der Waals surface area contributed by atoms with E-state index in [-0.39, 0.29) is 0 Å². The van der Waals surface area contributed by atoms with Crippen LogP contribution < -0.4 is 4.90 Å². The zero-order chi connectivity index (χ0) is 12.5. The average Bonchev–Trinajstić information content (AvgIpc) is 2.70. The summed E-state index contributed by atoms with van der Waals surface area (Å²) in [6, 6.07) is 2.47. The lowest BCUT2D eigenvalue weighted by Crippen LogP contribution is -2.36. The highest BCUT2D eigenvalue weighted by Gasteiger charge is 2.29. The molecule has 2 fully saturated rings. The molecular formula is C12H16Cl2N4.